The lowest BCUT2D eigenvalue weighted by Gasteiger charge is -2.40. The van der Waals surface area contributed by atoms with Gasteiger partial charge in [-0.3, -0.25) is 4.90 Å². The highest BCUT2D eigenvalue weighted by Gasteiger charge is 2.29. The van der Waals surface area contributed by atoms with Crippen LogP contribution in [0.4, 0.5) is 0 Å². The second-order valence-corrected chi connectivity index (χ2v) is 5.43. The second-order valence-electron chi connectivity index (χ2n) is 5.43. The molecule has 1 saturated heterocycles. The number of nitrogens with zero attached hydrogens (tertiary/aromatic N) is 1. The van der Waals surface area contributed by atoms with Crippen LogP contribution >= 0.6 is 0 Å². The van der Waals surface area contributed by atoms with E-state index in [-0.39, 0.29) is 18.2 Å². The summed E-state index contributed by atoms with van der Waals surface area (Å²) in [5, 5.41) is 0. The van der Waals surface area contributed by atoms with Gasteiger partial charge in [0.2, 0.25) is 0 Å². The summed E-state index contributed by atoms with van der Waals surface area (Å²) in [5.74, 6) is 0.942. The minimum atomic E-state index is 0.187. The summed E-state index contributed by atoms with van der Waals surface area (Å²) in [6.45, 7) is 9.32. The molecule has 1 aliphatic rings. The van der Waals surface area contributed by atoms with Gasteiger partial charge in [-0.25, -0.2) is 0 Å². The predicted octanol–water partition coefficient (Wildman–Crippen LogP) is 2.19. The fourth-order valence-corrected chi connectivity index (χ4v) is 2.99. The topological polar surface area (TPSA) is 47.7 Å². The fourth-order valence-electron chi connectivity index (χ4n) is 2.99. The van der Waals surface area contributed by atoms with Crippen LogP contribution in [0.15, 0.2) is 24.3 Å². The zero-order chi connectivity index (χ0) is 14.5. The third kappa shape index (κ3) is 3.51. The molecule has 2 N–H and O–H groups in total. The lowest BCUT2D eigenvalue weighted by atomic mass is 10.0. The standard InChI is InChI=1S/C16H26N2O2/c1-4-19-16-8-6-5-7-14(16)15(9-17)18-10-12(2)20-13(3)11-18/h5-8,12-13,15H,4,9-11,17H2,1-3H3/t12-,13+,15-/m0/s1. The number of nitrogens with two attached hydrogens (primary N) is 1. The number of hydrogen-bond acceptors (Lipinski definition) is 4. The summed E-state index contributed by atoms with van der Waals surface area (Å²) in [7, 11) is 0. The highest BCUT2D eigenvalue weighted by atomic mass is 16.5. The van der Waals surface area contributed by atoms with Gasteiger partial charge in [-0.2, -0.15) is 0 Å². The molecule has 0 saturated carbocycles. The van der Waals surface area contributed by atoms with Gasteiger partial charge in [0.15, 0.2) is 0 Å². The van der Waals surface area contributed by atoms with E-state index in [0.29, 0.717) is 13.2 Å². The highest BCUT2D eigenvalue weighted by molar-refractivity contribution is 5.36. The number of para-hydroxylation sites is 1. The molecule has 112 valence electrons. The Hall–Kier alpha value is -1.10. The van der Waals surface area contributed by atoms with E-state index < -0.39 is 0 Å². The van der Waals surface area contributed by atoms with Crippen LogP contribution in [-0.4, -0.2) is 43.3 Å². The van der Waals surface area contributed by atoms with Crippen LogP contribution in [0.2, 0.25) is 0 Å². The number of benzene rings is 1. The molecule has 1 aromatic carbocycles. The molecule has 0 radical (unpaired) electrons. The van der Waals surface area contributed by atoms with Crippen LogP contribution in [0.25, 0.3) is 0 Å². The van der Waals surface area contributed by atoms with Gasteiger partial charge in [0.1, 0.15) is 5.75 Å². The van der Waals surface area contributed by atoms with Crippen molar-refractivity contribution in [1.82, 2.24) is 4.90 Å². The Labute approximate surface area is 121 Å². The lowest BCUT2D eigenvalue weighted by molar-refractivity contribution is -0.0801. The van der Waals surface area contributed by atoms with Crippen molar-refractivity contribution in [3.63, 3.8) is 0 Å². The van der Waals surface area contributed by atoms with Gasteiger partial charge < -0.3 is 15.2 Å². The molecule has 4 heteroatoms. The molecule has 0 unspecified atom stereocenters. The smallest absolute Gasteiger partial charge is 0.124 e. The van der Waals surface area contributed by atoms with Crippen LogP contribution in [0, 0.1) is 0 Å². The lowest BCUT2D eigenvalue weighted by Crippen LogP contribution is -2.48. The normalized spacial score (nSPS) is 25.4. The van der Waals surface area contributed by atoms with Crippen molar-refractivity contribution in [3.05, 3.63) is 29.8 Å². The van der Waals surface area contributed by atoms with E-state index >= 15 is 0 Å². The zero-order valence-corrected chi connectivity index (χ0v) is 12.7. The SMILES string of the molecule is CCOc1ccccc1[C@H](CN)N1C[C@@H](C)O[C@@H](C)C1. The third-order valence-corrected chi connectivity index (χ3v) is 3.69. The summed E-state index contributed by atoms with van der Waals surface area (Å²) in [5.41, 5.74) is 7.23. The molecule has 0 aliphatic carbocycles. The van der Waals surface area contributed by atoms with Crippen molar-refractivity contribution in [2.45, 2.75) is 39.0 Å². The number of ether oxygens (including phenoxy) is 2. The maximum atomic E-state index is 6.05. The molecule has 4 nitrogen and oxygen atoms in total. The summed E-state index contributed by atoms with van der Waals surface area (Å²) in [6.07, 6.45) is 0.485. The van der Waals surface area contributed by atoms with E-state index in [2.05, 4.69) is 24.8 Å². The van der Waals surface area contributed by atoms with Crippen molar-refractivity contribution in [2.24, 2.45) is 5.73 Å². The average Bonchev–Trinajstić information content (AvgIpc) is 2.41. The quantitative estimate of drug-likeness (QED) is 0.897. The van der Waals surface area contributed by atoms with E-state index in [1.54, 1.807) is 0 Å². The Morgan fingerprint density at radius 1 is 1.30 bits per heavy atom. The molecular weight excluding hydrogens is 252 g/mol. The van der Waals surface area contributed by atoms with Gasteiger partial charge in [0.05, 0.1) is 24.9 Å². The Bertz CT molecular complexity index is 415. The van der Waals surface area contributed by atoms with Gasteiger partial charge in [0, 0.05) is 25.2 Å². The Morgan fingerprint density at radius 2 is 1.95 bits per heavy atom. The summed E-state index contributed by atoms with van der Waals surface area (Å²) in [4.78, 5) is 2.41. The molecule has 2 rings (SSSR count). The van der Waals surface area contributed by atoms with Crippen molar-refractivity contribution in [2.75, 3.05) is 26.2 Å². The number of rotatable bonds is 5. The predicted molar refractivity (Wildman–Crippen MR) is 81.0 cm³/mol. The molecule has 1 heterocycles. The van der Waals surface area contributed by atoms with Crippen LogP contribution < -0.4 is 10.5 Å². The first kappa shape index (κ1) is 15.3. The van der Waals surface area contributed by atoms with Crippen LogP contribution in [0.3, 0.4) is 0 Å². The van der Waals surface area contributed by atoms with E-state index in [1.165, 1.54) is 5.56 Å². The number of hydrogen-bond donors (Lipinski definition) is 1. The van der Waals surface area contributed by atoms with Crippen molar-refractivity contribution in [1.29, 1.82) is 0 Å². The largest absolute Gasteiger partial charge is 0.494 e. The van der Waals surface area contributed by atoms with Crippen molar-refractivity contribution >= 4 is 0 Å². The van der Waals surface area contributed by atoms with Crippen molar-refractivity contribution in [3.8, 4) is 5.75 Å². The number of morpholine rings is 1. The molecular formula is C16H26N2O2. The molecule has 0 aromatic heterocycles. The van der Waals surface area contributed by atoms with Gasteiger partial charge >= 0.3 is 0 Å². The summed E-state index contributed by atoms with van der Waals surface area (Å²) in [6, 6.07) is 8.38. The molecule has 1 aliphatic heterocycles. The first-order valence-corrected chi connectivity index (χ1v) is 7.47. The van der Waals surface area contributed by atoms with E-state index in [0.717, 1.165) is 18.8 Å². The van der Waals surface area contributed by atoms with Crippen molar-refractivity contribution < 1.29 is 9.47 Å². The molecule has 0 amide bonds. The first-order valence-electron chi connectivity index (χ1n) is 7.47. The van der Waals surface area contributed by atoms with Gasteiger partial charge in [-0.05, 0) is 26.8 Å². The van der Waals surface area contributed by atoms with Crippen LogP contribution in [0.1, 0.15) is 32.4 Å². The molecule has 1 fully saturated rings. The Morgan fingerprint density at radius 3 is 2.55 bits per heavy atom. The van der Waals surface area contributed by atoms with Gasteiger partial charge in [0.25, 0.3) is 0 Å². The average molecular weight is 278 g/mol. The Balaban J connectivity index is 2.23. The maximum absolute atomic E-state index is 6.05. The van der Waals surface area contributed by atoms with E-state index in [1.807, 2.05) is 25.1 Å². The summed E-state index contributed by atoms with van der Waals surface area (Å²) < 4.78 is 11.6. The van der Waals surface area contributed by atoms with Gasteiger partial charge in [-0.15, -0.1) is 0 Å². The first-order chi connectivity index (χ1) is 9.65. The fraction of sp³-hybridized carbons (Fsp3) is 0.625. The molecule has 20 heavy (non-hydrogen) atoms. The highest BCUT2D eigenvalue weighted by Crippen LogP contribution is 2.30. The summed E-state index contributed by atoms with van der Waals surface area (Å²) >= 11 is 0. The van der Waals surface area contributed by atoms with Crippen LogP contribution in [-0.2, 0) is 4.74 Å². The monoisotopic (exact) mass is 278 g/mol. The zero-order valence-electron chi connectivity index (χ0n) is 12.7. The van der Waals surface area contributed by atoms with E-state index in [9.17, 15) is 0 Å². The molecule has 1 aromatic rings. The molecule has 3 atom stereocenters. The minimum absolute atomic E-state index is 0.187. The molecule has 0 bridgehead atoms. The minimum Gasteiger partial charge on any atom is -0.494 e. The Kier molecular flexibility index (Phi) is 5.40. The van der Waals surface area contributed by atoms with Crippen LogP contribution in [0.5, 0.6) is 5.75 Å². The second kappa shape index (κ2) is 7.07. The van der Waals surface area contributed by atoms with E-state index in [4.69, 9.17) is 15.2 Å². The third-order valence-electron chi connectivity index (χ3n) is 3.69. The van der Waals surface area contributed by atoms with Gasteiger partial charge in [-0.1, -0.05) is 18.2 Å². The molecule has 0 spiro atoms. The maximum Gasteiger partial charge on any atom is 0.124 e.